The number of fused-ring (bicyclic) bond motifs is 2. The lowest BCUT2D eigenvalue weighted by Gasteiger charge is -2.14. The highest BCUT2D eigenvalue weighted by molar-refractivity contribution is 5.88. The summed E-state index contributed by atoms with van der Waals surface area (Å²) in [5.74, 6) is 0.489. The first kappa shape index (κ1) is 15.4. The van der Waals surface area contributed by atoms with E-state index in [0.717, 1.165) is 44.2 Å². The molecule has 0 bridgehead atoms. The van der Waals surface area contributed by atoms with E-state index in [9.17, 15) is 10.4 Å². The van der Waals surface area contributed by atoms with Gasteiger partial charge >= 0.3 is 0 Å². The molecule has 2 aromatic carbocycles. The van der Waals surface area contributed by atoms with Crippen LogP contribution in [0.2, 0.25) is 0 Å². The Kier molecular flexibility index (Phi) is 3.38. The van der Waals surface area contributed by atoms with E-state index in [1.165, 1.54) is 0 Å². The first-order valence-corrected chi connectivity index (χ1v) is 8.16. The summed E-state index contributed by atoms with van der Waals surface area (Å²) in [4.78, 5) is 11.0. The molecule has 1 unspecified atom stereocenters. The van der Waals surface area contributed by atoms with Crippen LogP contribution in [-0.4, -0.2) is 20.1 Å². The summed E-state index contributed by atoms with van der Waals surface area (Å²) in [6, 6.07) is 9.83. The number of aromatic nitrogens is 3. The van der Waals surface area contributed by atoms with Gasteiger partial charge in [0.1, 0.15) is 11.9 Å². The molecule has 124 valence electrons. The first-order chi connectivity index (χ1) is 12.0. The van der Waals surface area contributed by atoms with E-state index in [1.54, 1.807) is 6.07 Å². The van der Waals surface area contributed by atoms with Crippen LogP contribution < -0.4 is 0 Å². The van der Waals surface area contributed by atoms with Crippen LogP contribution in [0.1, 0.15) is 39.7 Å². The molecule has 0 aliphatic rings. The van der Waals surface area contributed by atoms with Gasteiger partial charge in [0.2, 0.25) is 0 Å². The van der Waals surface area contributed by atoms with Crippen molar-refractivity contribution in [3.8, 4) is 6.07 Å². The van der Waals surface area contributed by atoms with Gasteiger partial charge < -0.3 is 15.1 Å². The topological polar surface area (TPSA) is 88.5 Å². The minimum atomic E-state index is -0.865. The zero-order valence-corrected chi connectivity index (χ0v) is 14.3. The fraction of sp³-hybridized carbons (Fsp3) is 0.200. The Labute approximate surface area is 145 Å². The highest BCUT2D eigenvalue weighted by Gasteiger charge is 2.21. The van der Waals surface area contributed by atoms with Crippen molar-refractivity contribution in [2.45, 2.75) is 26.9 Å². The number of benzene rings is 2. The Morgan fingerprint density at radius 1 is 1.16 bits per heavy atom. The van der Waals surface area contributed by atoms with Gasteiger partial charge in [0.05, 0.1) is 22.7 Å². The van der Waals surface area contributed by atoms with E-state index in [1.807, 2.05) is 32.2 Å². The molecule has 5 heteroatoms. The molecule has 0 saturated carbocycles. The second kappa shape index (κ2) is 5.47. The maximum absolute atomic E-state index is 11.0. The Morgan fingerprint density at radius 2 is 1.96 bits per heavy atom. The SMILES string of the molecule is Cc1cc(C)c2[nH]ccc2c1C(O)c1nc2c(C)c(C#N)ccc2[nH]1. The predicted octanol–water partition coefficient (Wildman–Crippen LogP) is 3.92. The number of hydrogen-bond donors (Lipinski definition) is 3. The van der Waals surface area contributed by atoms with E-state index in [-0.39, 0.29) is 0 Å². The van der Waals surface area contributed by atoms with Gasteiger partial charge in [-0.2, -0.15) is 5.26 Å². The molecule has 0 aliphatic heterocycles. The van der Waals surface area contributed by atoms with Gasteiger partial charge in [0, 0.05) is 22.7 Å². The molecule has 0 saturated heterocycles. The maximum Gasteiger partial charge on any atom is 0.140 e. The number of nitrogens with zero attached hydrogens (tertiary/aromatic N) is 2. The second-order valence-electron chi connectivity index (χ2n) is 6.46. The minimum absolute atomic E-state index is 0.489. The highest BCUT2D eigenvalue weighted by atomic mass is 16.3. The summed E-state index contributed by atoms with van der Waals surface area (Å²) in [5.41, 5.74) is 7.00. The Morgan fingerprint density at radius 3 is 2.72 bits per heavy atom. The van der Waals surface area contributed by atoms with Crippen molar-refractivity contribution in [2.75, 3.05) is 0 Å². The van der Waals surface area contributed by atoms with Crippen LogP contribution in [0.4, 0.5) is 0 Å². The molecule has 1 atom stereocenters. The van der Waals surface area contributed by atoms with E-state index in [2.05, 4.69) is 34.0 Å². The number of imidazole rings is 1. The molecule has 0 radical (unpaired) electrons. The molecule has 0 amide bonds. The average Bonchev–Trinajstić information content (AvgIpc) is 3.22. The van der Waals surface area contributed by atoms with Crippen LogP contribution in [-0.2, 0) is 0 Å². The zero-order chi connectivity index (χ0) is 17.7. The molecule has 4 rings (SSSR count). The number of H-pyrrole nitrogens is 2. The number of hydrogen-bond acceptors (Lipinski definition) is 3. The minimum Gasteiger partial charge on any atom is -0.380 e. The lowest BCUT2D eigenvalue weighted by molar-refractivity contribution is 0.212. The number of aliphatic hydroxyl groups is 1. The van der Waals surface area contributed by atoms with Gasteiger partial charge in [-0.1, -0.05) is 6.07 Å². The van der Waals surface area contributed by atoms with E-state index in [0.29, 0.717) is 11.4 Å². The summed E-state index contributed by atoms with van der Waals surface area (Å²) in [6.45, 7) is 5.93. The summed E-state index contributed by atoms with van der Waals surface area (Å²) < 4.78 is 0. The normalized spacial score (nSPS) is 12.6. The number of aryl methyl sites for hydroxylation is 3. The average molecular weight is 330 g/mol. The summed E-state index contributed by atoms with van der Waals surface area (Å²) >= 11 is 0. The van der Waals surface area contributed by atoms with Crippen molar-refractivity contribution in [2.24, 2.45) is 0 Å². The number of aromatic amines is 2. The van der Waals surface area contributed by atoms with Gasteiger partial charge in [-0.05, 0) is 55.7 Å². The van der Waals surface area contributed by atoms with E-state index in [4.69, 9.17) is 0 Å². The standard InChI is InChI=1S/C20H18N4O/c1-10-8-11(2)17-14(6-7-22-17)16(10)19(25)20-23-15-5-4-13(9-21)12(3)18(15)24-20/h4-8,19,22,25H,1-3H3,(H,23,24). The van der Waals surface area contributed by atoms with Crippen molar-refractivity contribution < 1.29 is 5.11 Å². The fourth-order valence-corrected chi connectivity index (χ4v) is 3.59. The molecule has 5 nitrogen and oxygen atoms in total. The zero-order valence-electron chi connectivity index (χ0n) is 14.3. The lowest BCUT2D eigenvalue weighted by atomic mass is 9.96. The number of rotatable bonds is 2. The van der Waals surface area contributed by atoms with Crippen LogP contribution in [0.15, 0.2) is 30.5 Å². The maximum atomic E-state index is 11.0. The van der Waals surface area contributed by atoms with Crippen molar-refractivity contribution >= 4 is 21.9 Å². The van der Waals surface area contributed by atoms with E-state index < -0.39 is 6.10 Å². The van der Waals surface area contributed by atoms with Crippen LogP contribution >= 0.6 is 0 Å². The fourth-order valence-electron chi connectivity index (χ4n) is 3.59. The summed E-state index contributed by atoms with van der Waals surface area (Å²) in [6.07, 6.45) is 1.02. The largest absolute Gasteiger partial charge is 0.380 e. The summed E-state index contributed by atoms with van der Waals surface area (Å²) in [5, 5.41) is 21.2. The van der Waals surface area contributed by atoms with Crippen molar-refractivity contribution in [1.82, 2.24) is 15.0 Å². The van der Waals surface area contributed by atoms with Gasteiger partial charge in [0.25, 0.3) is 0 Å². The molecular formula is C20H18N4O. The molecule has 2 heterocycles. The molecule has 2 aromatic heterocycles. The molecular weight excluding hydrogens is 312 g/mol. The number of aliphatic hydroxyl groups excluding tert-OH is 1. The van der Waals surface area contributed by atoms with Crippen molar-refractivity contribution in [3.05, 3.63) is 64.1 Å². The molecule has 3 N–H and O–H groups in total. The molecule has 0 aliphatic carbocycles. The van der Waals surface area contributed by atoms with Gasteiger partial charge in [-0.25, -0.2) is 4.98 Å². The van der Waals surface area contributed by atoms with Gasteiger partial charge in [0.15, 0.2) is 0 Å². The van der Waals surface area contributed by atoms with E-state index >= 15 is 0 Å². The lowest BCUT2D eigenvalue weighted by Crippen LogP contribution is -2.05. The molecule has 0 fully saturated rings. The molecule has 0 spiro atoms. The van der Waals surface area contributed by atoms with Crippen molar-refractivity contribution in [1.29, 1.82) is 5.26 Å². The Balaban J connectivity index is 1.91. The monoisotopic (exact) mass is 330 g/mol. The highest BCUT2D eigenvalue weighted by Crippen LogP contribution is 2.33. The van der Waals surface area contributed by atoms with Gasteiger partial charge in [-0.3, -0.25) is 0 Å². The summed E-state index contributed by atoms with van der Waals surface area (Å²) in [7, 11) is 0. The Hall–Kier alpha value is -3.10. The number of nitriles is 1. The second-order valence-corrected chi connectivity index (χ2v) is 6.46. The third kappa shape index (κ3) is 2.23. The molecule has 25 heavy (non-hydrogen) atoms. The Bertz CT molecular complexity index is 1160. The molecule has 4 aromatic rings. The first-order valence-electron chi connectivity index (χ1n) is 8.16. The van der Waals surface area contributed by atoms with Crippen LogP contribution in [0, 0.1) is 32.1 Å². The smallest absolute Gasteiger partial charge is 0.140 e. The van der Waals surface area contributed by atoms with Crippen LogP contribution in [0.3, 0.4) is 0 Å². The number of nitrogens with one attached hydrogen (secondary N) is 2. The quantitative estimate of drug-likeness (QED) is 0.520. The predicted molar refractivity (Wildman–Crippen MR) is 97.4 cm³/mol. The van der Waals surface area contributed by atoms with Gasteiger partial charge in [-0.15, -0.1) is 0 Å². The van der Waals surface area contributed by atoms with Crippen molar-refractivity contribution in [3.63, 3.8) is 0 Å². The van der Waals surface area contributed by atoms with Crippen LogP contribution in [0.25, 0.3) is 21.9 Å². The van der Waals surface area contributed by atoms with Crippen LogP contribution in [0.5, 0.6) is 0 Å². The third-order valence-corrected chi connectivity index (χ3v) is 4.87. The third-order valence-electron chi connectivity index (χ3n) is 4.87.